The van der Waals surface area contributed by atoms with Crippen molar-refractivity contribution in [1.29, 1.82) is 0 Å². The minimum absolute atomic E-state index is 0.00388. The van der Waals surface area contributed by atoms with Crippen LogP contribution in [0.4, 0.5) is 0 Å². The SMILES string of the molecule is CCc1ncncc1C(=O)N1CCc2cc(OC)c(OC)cc2CC1. The van der Waals surface area contributed by atoms with E-state index in [1.807, 2.05) is 24.0 Å². The van der Waals surface area contributed by atoms with Gasteiger partial charge in [-0.05, 0) is 42.5 Å². The molecule has 0 N–H and O–H groups in total. The first-order valence-electron chi connectivity index (χ1n) is 8.49. The van der Waals surface area contributed by atoms with Crippen LogP contribution < -0.4 is 9.47 Å². The van der Waals surface area contributed by atoms with Gasteiger partial charge in [-0.2, -0.15) is 0 Å². The lowest BCUT2D eigenvalue weighted by atomic mass is 10.0. The Labute approximate surface area is 147 Å². The Balaban J connectivity index is 1.83. The van der Waals surface area contributed by atoms with Gasteiger partial charge in [-0.3, -0.25) is 4.79 Å². The summed E-state index contributed by atoms with van der Waals surface area (Å²) >= 11 is 0. The number of carbonyl (C=O) groups excluding carboxylic acids is 1. The molecule has 1 aromatic heterocycles. The molecule has 0 aliphatic carbocycles. The highest BCUT2D eigenvalue weighted by atomic mass is 16.5. The summed E-state index contributed by atoms with van der Waals surface area (Å²) in [6.07, 6.45) is 5.41. The molecule has 0 spiro atoms. The van der Waals surface area contributed by atoms with Crippen molar-refractivity contribution in [3.8, 4) is 11.5 Å². The molecular formula is C19H23N3O3. The summed E-state index contributed by atoms with van der Waals surface area (Å²) < 4.78 is 10.8. The highest BCUT2D eigenvalue weighted by molar-refractivity contribution is 5.95. The maximum Gasteiger partial charge on any atom is 0.257 e. The number of ether oxygens (including phenoxy) is 2. The lowest BCUT2D eigenvalue weighted by Gasteiger charge is -2.21. The number of hydrogen-bond donors (Lipinski definition) is 0. The Bertz CT molecular complexity index is 742. The summed E-state index contributed by atoms with van der Waals surface area (Å²) in [5, 5.41) is 0. The van der Waals surface area contributed by atoms with Crippen molar-refractivity contribution >= 4 is 5.91 Å². The van der Waals surface area contributed by atoms with Gasteiger partial charge in [0.15, 0.2) is 11.5 Å². The number of amides is 1. The van der Waals surface area contributed by atoms with Crippen molar-refractivity contribution in [3.63, 3.8) is 0 Å². The molecular weight excluding hydrogens is 318 g/mol. The second kappa shape index (κ2) is 7.51. The van der Waals surface area contributed by atoms with Gasteiger partial charge in [-0.15, -0.1) is 0 Å². The third-order valence-corrected chi connectivity index (χ3v) is 4.66. The van der Waals surface area contributed by atoms with Crippen LogP contribution in [0.3, 0.4) is 0 Å². The molecule has 132 valence electrons. The molecule has 0 fully saturated rings. The predicted molar refractivity (Wildman–Crippen MR) is 94.3 cm³/mol. The van der Waals surface area contributed by atoms with Gasteiger partial charge in [-0.25, -0.2) is 9.97 Å². The highest BCUT2D eigenvalue weighted by Gasteiger charge is 2.23. The van der Waals surface area contributed by atoms with Gasteiger partial charge in [0.25, 0.3) is 5.91 Å². The minimum Gasteiger partial charge on any atom is -0.493 e. The van der Waals surface area contributed by atoms with Crippen molar-refractivity contribution in [3.05, 3.63) is 47.0 Å². The first kappa shape index (κ1) is 17.2. The van der Waals surface area contributed by atoms with Crippen LogP contribution in [0.1, 0.15) is 34.1 Å². The number of aromatic nitrogens is 2. The molecule has 0 saturated carbocycles. The smallest absolute Gasteiger partial charge is 0.257 e. The number of methoxy groups -OCH3 is 2. The van der Waals surface area contributed by atoms with E-state index in [9.17, 15) is 4.79 Å². The number of hydrogen-bond acceptors (Lipinski definition) is 5. The Morgan fingerprint density at radius 3 is 2.24 bits per heavy atom. The maximum absolute atomic E-state index is 12.9. The van der Waals surface area contributed by atoms with Crippen LogP contribution in [0.15, 0.2) is 24.7 Å². The lowest BCUT2D eigenvalue weighted by molar-refractivity contribution is 0.0761. The minimum atomic E-state index is 0.00388. The normalized spacial score (nSPS) is 13.8. The first-order valence-corrected chi connectivity index (χ1v) is 8.49. The van der Waals surface area contributed by atoms with E-state index in [4.69, 9.17) is 9.47 Å². The van der Waals surface area contributed by atoms with Gasteiger partial charge in [0.05, 0.1) is 25.5 Å². The van der Waals surface area contributed by atoms with Crippen LogP contribution in [-0.2, 0) is 19.3 Å². The Morgan fingerprint density at radius 1 is 1.12 bits per heavy atom. The summed E-state index contributed by atoms with van der Waals surface area (Å²) in [4.78, 5) is 23.1. The standard InChI is InChI=1S/C19H23N3O3/c1-4-16-15(11-20-12-21-16)19(23)22-7-5-13-9-17(24-2)18(25-3)10-14(13)6-8-22/h9-12H,4-8H2,1-3H3. The zero-order valence-electron chi connectivity index (χ0n) is 14.9. The molecule has 6 nitrogen and oxygen atoms in total. The van der Waals surface area contributed by atoms with Crippen molar-refractivity contribution < 1.29 is 14.3 Å². The molecule has 1 aromatic carbocycles. The van der Waals surface area contributed by atoms with Gasteiger partial charge in [0.2, 0.25) is 0 Å². The maximum atomic E-state index is 12.9. The Kier molecular flexibility index (Phi) is 5.16. The van der Waals surface area contributed by atoms with E-state index in [0.29, 0.717) is 25.1 Å². The van der Waals surface area contributed by atoms with Crippen LogP contribution in [0.2, 0.25) is 0 Å². The van der Waals surface area contributed by atoms with Crippen LogP contribution in [-0.4, -0.2) is 48.1 Å². The number of nitrogens with zero attached hydrogens (tertiary/aromatic N) is 3. The third kappa shape index (κ3) is 3.43. The second-order valence-corrected chi connectivity index (χ2v) is 6.00. The zero-order valence-corrected chi connectivity index (χ0v) is 14.9. The van der Waals surface area contributed by atoms with E-state index in [1.54, 1.807) is 20.4 Å². The molecule has 6 heteroatoms. The van der Waals surface area contributed by atoms with E-state index in [0.717, 1.165) is 30.0 Å². The van der Waals surface area contributed by atoms with Crippen LogP contribution in [0.25, 0.3) is 0 Å². The van der Waals surface area contributed by atoms with Crippen molar-refractivity contribution in [1.82, 2.24) is 14.9 Å². The fourth-order valence-corrected chi connectivity index (χ4v) is 3.24. The van der Waals surface area contributed by atoms with E-state index >= 15 is 0 Å². The number of carbonyl (C=O) groups is 1. The average Bonchev–Trinajstić information content (AvgIpc) is 2.88. The molecule has 25 heavy (non-hydrogen) atoms. The topological polar surface area (TPSA) is 64.6 Å². The molecule has 3 rings (SSSR count). The largest absolute Gasteiger partial charge is 0.493 e. The molecule has 0 bridgehead atoms. The average molecular weight is 341 g/mol. The molecule has 0 atom stereocenters. The summed E-state index contributed by atoms with van der Waals surface area (Å²) in [5.74, 6) is 1.46. The highest BCUT2D eigenvalue weighted by Crippen LogP contribution is 2.32. The van der Waals surface area contributed by atoms with Gasteiger partial charge < -0.3 is 14.4 Å². The molecule has 0 unspecified atom stereocenters. The molecule has 1 aliphatic heterocycles. The zero-order chi connectivity index (χ0) is 17.8. The van der Waals surface area contributed by atoms with Gasteiger partial charge >= 0.3 is 0 Å². The van der Waals surface area contributed by atoms with E-state index < -0.39 is 0 Å². The monoisotopic (exact) mass is 341 g/mol. The van der Waals surface area contributed by atoms with Gasteiger partial charge in [0, 0.05) is 19.3 Å². The molecule has 1 aliphatic rings. The Hall–Kier alpha value is -2.63. The summed E-state index contributed by atoms with van der Waals surface area (Å²) in [6.45, 7) is 3.33. The number of aryl methyl sites for hydroxylation is 1. The van der Waals surface area contributed by atoms with Crippen molar-refractivity contribution in [2.75, 3.05) is 27.3 Å². The fourth-order valence-electron chi connectivity index (χ4n) is 3.24. The van der Waals surface area contributed by atoms with Crippen LogP contribution in [0.5, 0.6) is 11.5 Å². The molecule has 0 radical (unpaired) electrons. The number of rotatable bonds is 4. The summed E-state index contributed by atoms with van der Waals surface area (Å²) in [5.41, 5.74) is 3.80. The van der Waals surface area contributed by atoms with Crippen molar-refractivity contribution in [2.24, 2.45) is 0 Å². The number of benzene rings is 1. The molecule has 2 aromatic rings. The number of fused-ring (bicyclic) bond motifs is 1. The molecule has 2 heterocycles. The summed E-state index contributed by atoms with van der Waals surface area (Å²) in [7, 11) is 3.27. The fraction of sp³-hybridized carbons (Fsp3) is 0.421. The Morgan fingerprint density at radius 2 is 1.72 bits per heavy atom. The first-order chi connectivity index (χ1) is 12.2. The van der Waals surface area contributed by atoms with E-state index in [-0.39, 0.29) is 5.91 Å². The second-order valence-electron chi connectivity index (χ2n) is 6.00. The van der Waals surface area contributed by atoms with Crippen molar-refractivity contribution in [2.45, 2.75) is 26.2 Å². The van der Waals surface area contributed by atoms with Gasteiger partial charge in [0.1, 0.15) is 6.33 Å². The van der Waals surface area contributed by atoms with E-state index in [1.165, 1.54) is 17.5 Å². The quantitative estimate of drug-likeness (QED) is 0.854. The predicted octanol–water partition coefficient (Wildman–Crippen LogP) is 2.30. The molecule has 1 amide bonds. The van der Waals surface area contributed by atoms with Crippen LogP contribution >= 0.6 is 0 Å². The lowest BCUT2D eigenvalue weighted by Crippen LogP contribution is -2.34. The third-order valence-electron chi connectivity index (χ3n) is 4.66. The molecule has 0 saturated heterocycles. The van der Waals surface area contributed by atoms with Gasteiger partial charge in [-0.1, -0.05) is 6.92 Å². The summed E-state index contributed by atoms with van der Waals surface area (Å²) in [6, 6.07) is 4.04. The van der Waals surface area contributed by atoms with E-state index in [2.05, 4.69) is 9.97 Å². The van der Waals surface area contributed by atoms with Crippen LogP contribution in [0, 0.1) is 0 Å².